The molecule has 3 rings (SSSR count). The van der Waals surface area contributed by atoms with Gasteiger partial charge in [-0.2, -0.15) is 0 Å². The highest BCUT2D eigenvalue weighted by atomic mass is 79.9. The number of hydrogen-bond donors (Lipinski definition) is 2. The van der Waals surface area contributed by atoms with E-state index in [1.165, 1.54) is 0 Å². The largest absolute Gasteiger partial charge is 0.465 e. The molecular formula is C19H14BrNO3. The highest BCUT2D eigenvalue weighted by Crippen LogP contribution is 2.31. The van der Waals surface area contributed by atoms with E-state index in [-0.39, 0.29) is 0 Å². The Morgan fingerprint density at radius 1 is 1.08 bits per heavy atom. The van der Waals surface area contributed by atoms with E-state index < -0.39 is 12.1 Å². The molecule has 2 N–H and O–H groups in total. The number of rotatable bonds is 4. The summed E-state index contributed by atoms with van der Waals surface area (Å²) >= 11 is 3.47. The second-order valence-corrected chi connectivity index (χ2v) is 6.28. The fourth-order valence-electron chi connectivity index (χ4n) is 2.73. The van der Waals surface area contributed by atoms with Crippen molar-refractivity contribution >= 4 is 39.1 Å². The van der Waals surface area contributed by atoms with Gasteiger partial charge in [-0.05, 0) is 45.7 Å². The van der Waals surface area contributed by atoms with Crippen LogP contribution < -0.4 is 5.32 Å². The van der Waals surface area contributed by atoms with Crippen molar-refractivity contribution in [2.24, 2.45) is 0 Å². The molecule has 0 saturated carbocycles. The lowest BCUT2D eigenvalue weighted by Gasteiger charge is -2.13. The molecule has 0 fully saturated rings. The molecule has 0 spiro atoms. The zero-order chi connectivity index (χ0) is 17.1. The Morgan fingerprint density at radius 3 is 2.62 bits per heavy atom. The van der Waals surface area contributed by atoms with E-state index in [9.17, 15) is 9.59 Å². The predicted octanol–water partition coefficient (Wildman–Crippen LogP) is 4.78. The summed E-state index contributed by atoms with van der Waals surface area (Å²) in [6.07, 6.45) is -0.638. The predicted molar refractivity (Wildman–Crippen MR) is 97.0 cm³/mol. The van der Waals surface area contributed by atoms with Gasteiger partial charge in [-0.15, -0.1) is 0 Å². The lowest BCUT2D eigenvalue weighted by Crippen LogP contribution is -2.27. The van der Waals surface area contributed by atoms with E-state index in [0.29, 0.717) is 11.8 Å². The van der Waals surface area contributed by atoms with Crippen molar-refractivity contribution in [3.63, 3.8) is 0 Å². The van der Waals surface area contributed by atoms with Gasteiger partial charge in [0.1, 0.15) is 12.3 Å². The molecule has 3 aromatic rings. The van der Waals surface area contributed by atoms with Gasteiger partial charge in [-0.1, -0.05) is 58.4 Å². The van der Waals surface area contributed by atoms with Crippen LogP contribution in [-0.4, -0.2) is 17.5 Å². The Kier molecular flexibility index (Phi) is 4.62. The van der Waals surface area contributed by atoms with Crippen LogP contribution in [0.3, 0.4) is 0 Å². The number of benzene rings is 3. The van der Waals surface area contributed by atoms with Crippen molar-refractivity contribution in [1.29, 1.82) is 0 Å². The number of nitrogens with one attached hydrogen (secondary N) is 1. The number of carbonyl (C=O) groups is 2. The second-order valence-electron chi connectivity index (χ2n) is 5.36. The minimum atomic E-state index is -1.23. The van der Waals surface area contributed by atoms with Crippen LogP contribution in [0.4, 0.5) is 4.79 Å². The number of amides is 1. The van der Waals surface area contributed by atoms with Crippen molar-refractivity contribution < 1.29 is 14.7 Å². The molecule has 24 heavy (non-hydrogen) atoms. The van der Waals surface area contributed by atoms with Gasteiger partial charge in [-0.25, -0.2) is 4.79 Å². The van der Waals surface area contributed by atoms with Crippen LogP contribution in [0, 0.1) is 0 Å². The summed E-state index contributed by atoms with van der Waals surface area (Å²) in [6.45, 7) is 0. The van der Waals surface area contributed by atoms with Gasteiger partial charge in [0.15, 0.2) is 0 Å². The molecule has 1 unspecified atom stereocenters. The summed E-state index contributed by atoms with van der Waals surface area (Å²) in [5.41, 5.74) is 2.57. The topological polar surface area (TPSA) is 66.4 Å². The summed E-state index contributed by atoms with van der Waals surface area (Å²) in [6, 6.07) is 18.5. The fraction of sp³-hybridized carbons (Fsp3) is 0.0526. The zero-order valence-electron chi connectivity index (χ0n) is 12.6. The molecule has 0 aliphatic rings. The highest BCUT2D eigenvalue weighted by Gasteiger charge is 2.14. The first-order valence-corrected chi connectivity index (χ1v) is 8.11. The maximum absolute atomic E-state index is 11.2. The minimum absolute atomic E-state index is 0.591. The smallest absolute Gasteiger partial charge is 0.405 e. The fourth-order valence-corrected chi connectivity index (χ4v) is 3.11. The van der Waals surface area contributed by atoms with Crippen LogP contribution in [0.1, 0.15) is 11.6 Å². The van der Waals surface area contributed by atoms with E-state index in [1.807, 2.05) is 54.6 Å². The summed E-state index contributed by atoms with van der Waals surface area (Å²) in [5.74, 6) is 0. The zero-order valence-corrected chi connectivity index (χ0v) is 14.2. The monoisotopic (exact) mass is 383 g/mol. The van der Waals surface area contributed by atoms with E-state index >= 15 is 0 Å². The van der Waals surface area contributed by atoms with Gasteiger partial charge in [-0.3, -0.25) is 0 Å². The van der Waals surface area contributed by atoms with E-state index in [1.54, 1.807) is 6.07 Å². The first-order chi connectivity index (χ1) is 11.6. The first kappa shape index (κ1) is 16.2. The standard InChI is InChI=1S/C19H14BrNO3/c20-15-7-8-17-13(10-15)4-2-6-16(17)12-3-1-5-14(9-12)18(11-22)21-19(23)24/h1-11,18,21H,(H,23,24). The molecule has 0 aliphatic carbocycles. The molecular weight excluding hydrogens is 370 g/mol. The van der Waals surface area contributed by atoms with E-state index in [0.717, 1.165) is 26.4 Å². The number of aldehydes is 1. The van der Waals surface area contributed by atoms with Crippen molar-refractivity contribution in [3.05, 3.63) is 70.7 Å². The lowest BCUT2D eigenvalue weighted by molar-refractivity contribution is -0.109. The Bertz CT molecular complexity index is 923. The van der Waals surface area contributed by atoms with Gasteiger partial charge < -0.3 is 15.2 Å². The van der Waals surface area contributed by atoms with Crippen molar-refractivity contribution in [2.45, 2.75) is 6.04 Å². The third-order valence-corrected chi connectivity index (χ3v) is 4.31. The van der Waals surface area contributed by atoms with E-state index in [4.69, 9.17) is 5.11 Å². The molecule has 5 heteroatoms. The molecule has 0 aromatic heterocycles. The lowest BCUT2D eigenvalue weighted by atomic mass is 9.95. The number of fused-ring (bicyclic) bond motifs is 1. The second kappa shape index (κ2) is 6.84. The van der Waals surface area contributed by atoms with Crippen LogP contribution in [-0.2, 0) is 4.79 Å². The maximum Gasteiger partial charge on any atom is 0.405 e. The molecule has 0 aliphatic heterocycles. The van der Waals surface area contributed by atoms with Crippen LogP contribution in [0.25, 0.3) is 21.9 Å². The van der Waals surface area contributed by atoms with E-state index in [2.05, 4.69) is 21.2 Å². The average Bonchev–Trinajstić information content (AvgIpc) is 2.58. The number of hydrogen-bond acceptors (Lipinski definition) is 2. The van der Waals surface area contributed by atoms with Gasteiger partial charge >= 0.3 is 6.09 Å². The third-order valence-electron chi connectivity index (χ3n) is 3.81. The first-order valence-electron chi connectivity index (χ1n) is 7.32. The molecule has 0 bridgehead atoms. The third kappa shape index (κ3) is 3.31. The Morgan fingerprint density at radius 2 is 1.88 bits per heavy atom. The molecule has 0 saturated heterocycles. The van der Waals surface area contributed by atoms with Crippen molar-refractivity contribution in [1.82, 2.24) is 5.32 Å². The molecule has 1 amide bonds. The van der Waals surface area contributed by atoms with Crippen LogP contribution in [0.2, 0.25) is 0 Å². The molecule has 0 radical (unpaired) electrons. The molecule has 0 heterocycles. The summed E-state index contributed by atoms with van der Waals surface area (Å²) < 4.78 is 1.01. The quantitative estimate of drug-likeness (QED) is 0.637. The van der Waals surface area contributed by atoms with Crippen molar-refractivity contribution in [3.8, 4) is 11.1 Å². The SMILES string of the molecule is O=CC(NC(=O)O)c1cccc(-c2cccc3cc(Br)ccc23)c1. The maximum atomic E-state index is 11.2. The Labute approximate surface area is 147 Å². The minimum Gasteiger partial charge on any atom is -0.465 e. The number of carbonyl (C=O) groups excluding carboxylic acids is 1. The number of carboxylic acid groups (broad SMARTS) is 1. The molecule has 1 atom stereocenters. The summed E-state index contributed by atoms with van der Waals surface area (Å²) in [5, 5.41) is 13.3. The van der Waals surface area contributed by atoms with Crippen LogP contribution >= 0.6 is 15.9 Å². The van der Waals surface area contributed by atoms with Crippen molar-refractivity contribution in [2.75, 3.05) is 0 Å². The summed E-state index contributed by atoms with van der Waals surface area (Å²) in [7, 11) is 0. The van der Waals surface area contributed by atoms with Gasteiger partial charge in [0.05, 0.1) is 0 Å². The molecule has 3 aromatic carbocycles. The highest BCUT2D eigenvalue weighted by molar-refractivity contribution is 9.10. The summed E-state index contributed by atoms with van der Waals surface area (Å²) in [4.78, 5) is 22.0. The average molecular weight is 384 g/mol. The van der Waals surface area contributed by atoms with Crippen LogP contribution in [0.5, 0.6) is 0 Å². The Hall–Kier alpha value is -2.66. The molecule has 4 nitrogen and oxygen atoms in total. The molecule has 120 valence electrons. The van der Waals surface area contributed by atoms with Gasteiger partial charge in [0.25, 0.3) is 0 Å². The normalized spacial score (nSPS) is 11.9. The number of halogens is 1. The van der Waals surface area contributed by atoms with Crippen LogP contribution in [0.15, 0.2) is 65.1 Å². The Balaban J connectivity index is 2.09. The van der Waals surface area contributed by atoms with Gasteiger partial charge in [0, 0.05) is 4.47 Å². The van der Waals surface area contributed by atoms with Gasteiger partial charge in [0.2, 0.25) is 0 Å².